The summed E-state index contributed by atoms with van der Waals surface area (Å²) in [6.45, 7) is 0.0638. The zero-order chi connectivity index (χ0) is 12.8. The van der Waals surface area contributed by atoms with E-state index in [2.05, 4.69) is 0 Å². The summed E-state index contributed by atoms with van der Waals surface area (Å²) in [5.74, 6) is -0.141. The lowest BCUT2D eigenvalue weighted by atomic mass is 9.82. The maximum absolute atomic E-state index is 9.63. The van der Waals surface area contributed by atoms with Crippen molar-refractivity contribution in [3.8, 4) is 0 Å². The van der Waals surface area contributed by atoms with Gasteiger partial charge in [0.1, 0.15) is 0 Å². The number of benzene rings is 2. The Hall–Kier alpha value is -1.64. The van der Waals surface area contributed by atoms with E-state index < -0.39 is 0 Å². The lowest BCUT2D eigenvalue weighted by Gasteiger charge is -2.24. The van der Waals surface area contributed by atoms with Gasteiger partial charge >= 0.3 is 0 Å². The minimum atomic E-state index is -0.0707. The third-order valence-corrected chi connectivity index (χ3v) is 3.33. The van der Waals surface area contributed by atoms with Crippen LogP contribution < -0.4 is 0 Å². The Kier molecular flexibility index (Phi) is 4.51. The summed E-state index contributed by atoms with van der Waals surface area (Å²) in [5, 5.41) is 19.3. The van der Waals surface area contributed by atoms with Gasteiger partial charge in [0.2, 0.25) is 0 Å². The molecule has 18 heavy (non-hydrogen) atoms. The lowest BCUT2D eigenvalue weighted by molar-refractivity contribution is 0.196. The van der Waals surface area contributed by atoms with Crippen LogP contribution in [0.15, 0.2) is 60.7 Å². The molecule has 0 aromatic heterocycles. The molecule has 2 N–H and O–H groups in total. The van der Waals surface area contributed by atoms with Gasteiger partial charge in [0.05, 0.1) is 13.2 Å². The second-order valence-corrected chi connectivity index (χ2v) is 4.40. The first kappa shape index (κ1) is 12.8. The van der Waals surface area contributed by atoms with Gasteiger partial charge in [-0.25, -0.2) is 0 Å². The molecule has 2 nitrogen and oxygen atoms in total. The predicted molar refractivity (Wildman–Crippen MR) is 72.5 cm³/mol. The molecule has 0 aliphatic heterocycles. The zero-order valence-corrected chi connectivity index (χ0v) is 10.2. The molecular weight excluding hydrogens is 224 g/mol. The Morgan fingerprint density at radius 1 is 0.611 bits per heavy atom. The summed E-state index contributed by atoms with van der Waals surface area (Å²) in [5.41, 5.74) is 2.12. The standard InChI is InChI=1S/C16H18O2/c17-11-15(13-7-3-1-4-8-13)16(12-18)14-9-5-2-6-10-14/h1-10,15-18H,11-12H2/t15-,16-/m0/s1. The van der Waals surface area contributed by atoms with E-state index in [9.17, 15) is 10.2 Å². The van der Waals surface area contributed by atoms with E-state index in [-0.39, 0.29) is 25.0 Å². The van der Waals surface area contributed by atoms with Crippen LogP contribution in [-0.2, 0) is 0 Å². The average molecular weight is 242 g/mol. The van der Waals surface area contributed by atoms with Crippen molar-refractivity contribution in [1.29, 1.82) is 0 Å². The van der Waals surface area contributed by atoms with Gasteiger partial charge in [0.25, 0.3) is 0 Å². The summed E-state index contributed by atoms with van der Waals surface area (Å²) in [4.78, 5) is 0. The molecule has 0 fully saturated rings. The first-order valence-corrected chi connectivity index (χ1v) is 6.18. The highest BCUT2D eigenvalue weighted by atomic mass is 16.3. The van der Waals surface area contributed by atoms with Crippen molar-refractivity contribution in [2.45, 2.75) is 11.8 Å². The number of aliphatic hydroxyl groups excluding tert-OH is 2. The SMILES string of the molecule is OC[C@@H](c1ccccc1)[C@@H](CO)c1ccccc1. The maximum atomic E-state index is 9.63. The van der Waals surface area contributed by atoms with Crippen LogP contribution in [0.1, 0.15) is 23.0 Å². The Labute approximate surface area is 108 Å². The molecule has 2 aromatic rings. The third-order valence-electron chi connectivity index (χ3n) is 3.33. The number of rotatable bonds is 5. The molecule has 0 bridgehead atoms. The molecule has 0 saturated heterocycles. The summed E-state index contributed by atoms with van der Waals surface area (Å²) < 4.78 is 0. The smallest absolute Gasteiger partial charge is 0.0506 e. The van der Waals surface area contributed by atoms with Crippen molar-refractivity contribution in [2.24, 2.45) is 0 Å². The topological polar surface area (TPSA) is 40.5 Å². The second-order valence-electron chi connectivity index (χ2n) is 4.40. The molecule has 0 heterocycles. The molecule has 2 aromatic carbocycles. The lowest BCUT2D eigenvalue weighted by Crippen LogP contribution is -2.18. The first-order valence-electron chi connectivity index (χ1n) is 6.18. The van der Waals surface area contributed by atoms with Gasteiger partial charge in [-0.05, 0) is 11.1 Å². The van der Waals surface area contributed by atoms with Crippen molar-refractivity contribution in [1.82, 2.24) is 0 Å². The fourth-order valence-electron chi connectivity index (χ4n) is 2.33. The van der Waals surface area contributed by atoms with Crippen LogP contribution >= 0.6 is 0 Å². The van der Waals surface area contributed by atoms with Crippen LogP contribution in [0.3, 0.4) is 0 Å². The maximum Gasteiger partial charge on any atom is 0.0506 e. The fourth-order valence-corrected chi connectivity index (χ4v) is 2.33. The van der Waals surface area contributed by atoms with Crippen molar-refractivity contribution < 1.29 is 10.2 Å². The van der Waals surface area contributed by atoms with Gasteiger partial charge in [0.15, 0.2) is 0 Å². The molecule has 2 atom stereocenters. The molecule has 0 amide bonds. The second kappa shape index (κ2) is 6.34. The zero-order valence-electron chi connectivity index (χ0n) is 10.2. The average Bonchev–Trinajstić information content (AvgIpc) is 2.46. The summed E-state index contributed by atoms with van der Waals surface area (Å²) in [7, 11) is 0. The third kappa shape index (κ3) is 2.78. The van der Waals surface area contributed by atoms with E-state index in [0.29, 0.717) is 0 Å². The van der Waals surface area contributed by atoms with Crippen LogP contribution in [0.4, 0.5) is 0 Å². The molecule has 94 valence electrons. The first-order chi connectivity index (χ1) is 8.86. The molecule has 0 aliphatic carbocycles. The van der Waals surface area contributed by atoms with Gasteiger partial charge in [0, 0.05) is 11.8 Å². The quantitative estimate of drug-likeness (QED) is 0.846. The van der Waals surface area contributed by atoms with Gasteiger partial charge in [-0.1, -0.05) is 60.7 Å². The highest BCUT2D eigenvalue weighted by Gasteiger charge is 2.23. The fraction of sp³-hybridized carbons (Fsp3) is 0.250. The Bertz CT molecular complexity index is 408. The van der Waals surface area contributed by atoms with E-state index >= 15 is 0 Å². The van der Waals surface area contributed by atoms with E-state index in [1.54, 1.807) is 0 Å². The highest BCUT2D eigenvalue weighted by Crippen LogP contribution is 2.32. The van der Waals surface area contributed by atoms with E-state index in [1.165, 1.54) is 0 Å². The van der Waals surface area contributed by atoms with Crippen LogP contribution in [0, 0.1) is 0 Å². The molecule has 2 heteroatoms. The molecular formula is C16H18O2. The monoisotopic (exact) mass is 242 g/mol. The minimum absolute atomic E-state index is 0.0319. The van der Waals surface area contributed by atoms with E-state index in [0.717, 1.165) is 11.1 Å². The Morgan fingerprint density at radius 2 is 0.944 bits per heavy atom. The molecule has 0 spiro atoms. The summed E-state index contributed by atoms with van der Waals surface area (Å²) >= 11 is 0. The van der Waals surface area contributed by atoms with Gasteiger partial charge in [-0.3, -0.25) is 0 Å². The van der Waals surface area contributed by atoms with Crippen molar-refractivity contribution in [3.63, 3.8) is 0 Å². The normalized spacial score (nSPS) is 14.1. The predicted octanol–water partition coefficient (Wildman–Crippen LogP) is 2.54. The number of hydrogen-bond acceptors (Lipinski definition) is 2. The molecule has 0 saturated carbocycles. The van der Waals surface area contributed by atoms with Gasteiger partial charge in [-0.15, -0.1) is 0 Å². The van der Waals surface area contributed by atoms with E-state index in [4.69, 9.17) is 0 Å². The van der Waals surface area contributed by atoms with Crippen LogP contribution in [0.25, 0.3) is 0 Å². The Morgan fingerprint density at radius 3 is 1.22 bits per heavy atom. The minimum Gasteiger partial charge on any atom is -0.396 e. The van der Waals surface area contributed by atoms with Crippen molar-refractivity contribution >= 4 is 0 Å². The van der Waals surface area contributed by atoms with Crippen molar-refractivity contribution in [3.05, 3.63) is 71.8 Å². The summed E-state index contributed by atoms with van der Waals surface area (Å²) in [6.07, 6.45) is 0. The Balaban J connectivity index is 2.31. The van der Waals surface area contributed by atoms with Gasteiger partial charge < -0.3 is 10.2 Å². The number of hydrogen-bond donors (Lipinski definition) is 2. The van der Waals surface area contributed by atoms with Gasteiger partial charge in [-0.2, -0.15) is 0 Å². The van der Waals surface area contributed by atoms with Crippen LogP contribution in [-0.4, -0.2) is 23.4 Å². The highest BCUT2D eigenvalue weighted by molar-refractivity contribution is 5.28. The molecule has 0 aliphatic rings. The number of aliphatic hydroxyl groups is 2. The van der Waals surface area contributed by atoms with E-state index in [1.807, 2.05) is 60.7 Å². The van der Waals surface area contributed by atoms with Crippen molar-refractivity contribution in [2.75, 3.05) is 13.2 Å². The van der Waals surface area contributed by atoms with Crippen LogP contribution in [0.5, 0.6) is 0 Å². The van der Waals surface area contributed by atoms with Crippen LogP contribution in [0.2, 0.25) is 0 Å². The summed E-state index contributed by atoms with van der Waals surface area (Å²) in [6, 6.07) is 19.7. The largest absolute Gasteiger partial charge is 0.396 e. The molecule has 0 radical (unpaired) electrons. The molecule has 0 unspecified atom stereocenters. The molecule has 2 rings (SSSR count).